The Morgan fingerprint density at radius 1 is 1.08 bits per heavy atom. The fourth-order valence-corrected chi connectivity index (χ4v) is 3.91. The standard InChI is InChI=1S/C21H24N4/c1-2-5-16(6-3-1)13-17-8-9-19(14-17)25-20(21-23-11-12-24-21)18-7-4-10-22-15-18/h1-7,10-12,15,17,19-20,25H,8-9,13-14H2,(H,23,24)/t17-,19-,20-/m0/s1. The van der Waals surface area contributed by atoms with Crippen LogP contribution in [0.15, 0.2) is 67.3 Å². The molecule has 0 radical (unpaired) electrons. The summed E-state index contributed by atoms with van der Waals surface area (Å²) in [7, 11) is 0. The van der Waals surface area contributed by atoms with E-state index >= 15 is 0 Å². The fourth-order valence-electron chi connectivity index (χ4n) is 3.91. The molecule has 1 saturated carbocycles. The summed E-state index contributed by atoms with van der Waals surface area (Å²) < 4.78 is 0. The van der Waals surface area contributed by atoms with E-state index in [0.29, 0.717) is 6.04 Å². The summed E-state index contributed by atoms with van der Waals surface area (Å²) in [6.45, 7) is 0. The number of rotatable bonds is 6. The van der Waals surface area contributed by atoms with Crippen molar-refractivity contribution in [3.05, 3.63) is 84.2 Å². The van der Waals surface area contributed by atoms with Gasteiger partial charge in [-0.15, -0.1) is 0 Å². The Morgan fingerprint density at radius 2 is 2.00 bits per heavy atom. The largest absolute Gasteiger partial charge is 0.347 e. The maximum atomic E-state index is 4.48. The molecule has 0 unspecified atom stereocenters. The maximum Gasteiger partial charge on any atom is 0.127 e. The smallest absolute Gasteiger partial charge is 0.127 e. The molecule has 4 nitrogen and oxygen atoms in total. The van der Waals surface area contributed by atoms with Crippen LogP contribution in [0, 0.1) is 5.92 Å². The number of hydrogen-bond donors (Lipinski definition) is 2. The van der Waals surface area contributed by atoms with Gasteiger partial charge in [-0.25, -0.2) is 4.98 Å². The zero-order valence-electron chi connectivity index (χ0n) is 14.3. The third-order valence-corrected chi connectivity index (χ3v) is 5.12. The Morgan fingerprint density at radius 3 is 2.76 bits per heavy atom. The summed E-state index contributed by atoms with van der Waals surface area (Å²) in [5.74, 6) is 1.71. The highest BCUT2D eigenvalue weighted by Crippen LogP contribution is 2.31. The van der Waals surface area contributed by atoms with Gasteiger partial charge in [0.2, 0.25) is 0 Å². The predicted octanol–water partition coefficient (Wildman–Crippen LogP) is 3.90. The summed E-state index contributed by atoms with van der Waals surface area (Å²) in [4.78, 5) is 12.0. The normalized spacial score (nSPS) is 21.3. The molecule has 1 fully saturated rings. The maximum absolute atomic E-state index is 4.48. The van der Waals surface area contributed by atoms with E-state index in [1.54, 1.807) is 0 Å². The fraction of sp³-hybridized carbons (Fsp3) is 0.333. The van der Waals surface area contributed by atoms with E-state index in [-0.39, 0.29) is 6.04 Å². The molecule has 0 spiro atoms. The number of hydrogen-bond acceptors (Lipinski definition) is 3. The van der Waals surface area contributed by atoms with Crippen molar-refractivity contribution in [3.63, 3.8) is 0 Å². The molecule has 0 bridgehead atoms. The lowest BCUT2D eigenvalue weighted by molar-refractivity contribution is 0.445. The topological polar surface area (TPSA) is 53.6 Å². The first kappa shape index (κ1) is 16.0. The van der Waals surface area contributed by atoms with Gasteiger partial charge in [-0.05, 0) is 48.8 Å². The summed E-state index contributed by atoms with van der Waals surface area (Å²) >= 11 is 0. The molecule has 3 atom stereocenters. The van der Waals surface area contributed by atoms with E-state index in [0.717, 1.165) is 17.3 Å². The molecular weight excluding hydrogens is 308 g/mol. The first-order valence-corrected chi connectivity index (χ1v) is 9.07. The molecule has 128 valence electrons. The van der Waals surface area contributed by atoms with Gasteiger partial charge in [0.15, 0.2) is 0 Å². The molecule has 2 aromatic heterocycles. The number of benzene rings is 1. The van der Waals surface area contributed by atoms with Crippen LogP contribution in [-0.2, 0) is 6.42 Å². The van der Waals surface area contributed by atoms with Crippen LogP contribution in [0.1, 0.15) is 42.3 Å². The second kappa shape index (κ2) is 7.62. The summed E-state index contributed by atoms with van der Waals surface area (Å²) in [5.41, 5.74) is 2.60. The van der Waals surface area contributed by atoms with Gasteiger partial charge < -0.3 is 10.3 Å². The average molecular weight is 332 g/mol. The van der Waals surface area contributed by atoms with Gasteiger partial charge in [0.25, 0.3) is 0 Å². The van der Waals surface area contributed by atoms with Crippen LogP contribution in [-0.4, -0.2) is 21.0 Å². The second-order valence-electron chi connectivity index (χ2n) is 6.93. The predicted molar refractivity (Wildman–Crippen MR) is 99.1 cm³/mol. The Balaban J connectivity index is 1.43. The highest BCUT2D eigenvalue weighted by molar-refractivity contribution is 5.22. The lowest BCUT2D eigenvalue weighted by Gasteiger charge is -2.22. The first-order valence-electron chi connectivity index (χ1n) is 9.07. The van der Waals surface area contributed by atoms with Crippen LogP contribution >= 0.6 is 0 Å². The van der Waals surface area contributed by atoms with Crippen molar-refractivity contribution in [2.75, 3.05) is 0 Å². The summed E-state index contributed by atoms with van der Waals surface area (Å²) in [5, 5.41) is 3.82. The highest BCUT2D eigenvalue weighted by atomic mass is 15.0. The van der Waals surface area contributed by atoms with Crippen LogP contribution < -0.4 is 5.32 Å². The Kier molecular flexibility index (Phi) is 4.89. The Hall–Kier alpha value is -2.46. The van der Waals surface area contributed by atoms with Gasteiger partial charge >= 0.3 is 0 Å². The van der Waals surface area contributed by atoms with Gasteiger partial charge in [0.1, 0.15) is 5.82 Å². The molecule has 0 amide bonds. The van der Waals surface area contributed by atoms with E-state index in [2.05, 4.69) is 56.7 Å². The van der Waals surface area contributed by atoms with Crippen molar-refractivity contribution in [1.29, 1.82) is 0 Å². The van der Waals surface area contributed by atoms with Crippen molar-refractivity contribution >= 4 is 0 Å². The number of nitrogens with zero attached hydrogens (tertiary/aromatic N) is 2. The quantitative estimate of drug-likeness (QED) is 0.720. The minimum atomic E-state index is 0.0733. The van der Waals surface area contributed by atoms with Crippen molar-refractivity contribution in [1.82, 2.24) is 20.3 Å². The lowest BCUT2D eigenvalue weighted by atomic mass is 9.97. The molecule has 4 rings (SSSR count). The van der Waals surface area contributed by atoms with E-state index in [1.165, 1.54) is 31.2 Å². The number of pyridine rings is 1. The lowest BCUT2D eigenvalue weighted by Crippen LogP contribution is -2.32. The van der Waals surface area contributed by atoms with Crippen LogP contribution in [0.2, 0.25) is 0 Å². The number of H-pyrrole nitrogens is 1. The zero-order chi connectivity index (χ0) is 16.9. The Labute approximate surface area is 148 Å². The average Bonchev–Trinajstić information content (AvgIpc) is 3.33. The molecule has 4 heteroatoms. The number of aromatic nitrogens is 3. The monoisotopic (exact) mass is 332 g/mol. The van der Waals surface area contributed by atoms with E-state index < -0.39 is 0 Å². The van der Waals surface area contributed by atoms with Crippen LogP contribution in [0.25, 0.3) is 0 Å². The number of imidazole rings is 1. The molecule has 2 N–H and O–H groups in total. The molecule has 25 heavy (non-hydrogen) atoms. The Bertz CT molecular complexity index is 755. The number of nitrogens with one attached hydrogen (secondary N) is 2. The third-order valence-electron chi connectivity index (χ3n) is 5.12. The second-order valence-corrected chi connectivity index (χ2v) is 6.93. The van der Waals surface area contributed by atoms with Gasteiger partial charge in [0.05, 0.1) is 6.04 Å². The molecule has 0 aliphatic heterocycles. The van der Waals surface area contributed by atoms with Gasteiger partial charge in [-0.1, -0.05) is 36.4 Å². The van der Waals surface area contributed by atoms with E-state index in [4.69, 9.17) is 0 Å². The van der Waals surface area contributed by atoms with Crippen molar-refractivity contribution < 1.29 is 0 Å². The molecular formula is C21H24N4. The van der Waals surface area contributed by atoms with Gasteiger partial charge in [-0.3, -0.25) is 4.98 Å². The SMILES string of the molecule is c1ccc(C[C@@H]2CC[C@H](N[C@@H](c3cccnc3)c3ncc[nH]3)C2)cc1. The van der Waals surface area contributed by atoms with Crippen LogP contribution in [0.3, 0.4) is 0 Å². The molecule has 3 aromatic rings. The van der Waals surface area contributed by atoms with Crippen molar-refractivity contribution in [3.8, 4) is 0 Å². The summed E-state index contributed by atoms with van der Waals surface area (Å²) in [6, 6.07) is 15.5. The number of aromatic amines is 1. The van der Waals surface area contributed by atoms with Gasteiger partial charge in [0, 0.05) is 30.8 Å². The van der Waals surface area contributed by atoms with Gasteiger partial charge in [-0.2, -0.15) is 0 Å². The molecule has 1 aliphatic carbocycles. The minimum absolute atomic E-state index is 0.0733. The first-order chi connectivity index (χ1) is 12.4. The van der Waals surface area contributed by atoms with E-state index in [9.17, 15) is 0 Å². The molecule has 1 aromatic carbocycles. The molecule has 2 heterocycles. The molecule has 1 aliphatic rings. The minimum Gasteiger partial charge on any atom is -0.347 e. The zero-order valence-corrected chi connectivity index (χ0v) is 14.3. The van der Waals surface area contributed by atoms with Crippen molar-refractivity contribution in [2.45, 2.75) is 37.8 Å². The van der Waals surface area contributed by atoms with Crippen LogP contribution in [0.5, 0.6) is 0 Å². The molecule has 0 saturated heterocycles. The van der Waals surface area contributed by atoms with Crippen LogP contribution in [0.4, 0.5) is 0 Å². The summed E-state index contributed by atoms with van der Waals surface area (Å²) in [6.07, 6.45) is 12.3. The van der Waals surface area contributed by atoms with E-state index in [1.807, 2.05) is 30.9 Å². The third kappa shape index (κ3) is 3.97. The highest BCUT2D eigenvalue weighted by Gasteiger charge is 2.28. The van der Waals surface area contributed by atoms with Crippen molar-refractivity contribution in [2.24, 2.45) is 5.92 Å².